The van der Waals surface area contributed by atoms with Crippen LogP contribution in [0.5, 0.6) is 11.5 Å². The van der Waals surface area contributed by atoms with Gasteiger partial charge in [0, 0.05) is 23.6 Å². The van der Waals surface area contributed by atoms with Gasteiger partial charge in [-0.25, -0.2) is 0 Å². The number of hydrogen-bond donors (Lipinski definition) is 1. The number of fused-ring (bicyclic) bond motifs is 1. The summed E-state index contributed by atoms with van der Waals surface area (Å²) in [5.41, 5.74) is 0.931. The Morgan fingerprint density at radius 2 is 2.04 bits per heavy atom. The minimum atomic E-state index is -0.0492. The fourth-order valence-electron chi connectivity index (χ4n) is 2.88. The lowest BCUT2D eigenvalue weighted by Gasteiger charge is -2.20. The zero-order valence-electron chi connectivity index (χ0n) is 13.3. The van der Waals surface area contributed by atoms with E-state index in [9.17, 15) is 4.79 Å². The van der Waals surface area contributed by atoms with Crippen molar-refractivity contribution < 1.29 is 14.3 Å². The number of nitrogens with one attached hydrogen (secondary N) is 1. The highest BCUT2D eigenvalue weighted by molar-refractivity contribution is 7.99. The molecule has 1 heterocycles. The predicted molar refractivity (Wildman–Crippen MR) is 93.9 cm³/mol. The molecule has 1 aliphatic heterocycles. The summed E-state index contributed by atoms with van der Waals surface area (Å²) in [6.07, 6.45) is 10.2. The van der Waals surface area contributed by atoms with E-state index in [0.717, 1.165) is 34.6 Å². The van der Waals surface area contributed by atoms with Gasteiger partial charge in [-0.15, -0.1) is 0 Å². The van der Waals surface area contributed by atoms with Crippen LogP contribution >= 0.6 is 11.8 Å². The van der Waals surface area contributed by atoms with Crippen molar-refractivity contribution in [1.29, 1.82) is 0 Å². The maximum Gasteiger partial charge on any atom is 0.244 e. The highest BCUT2D eigenvalue weighted by Gasteiger charge is 2.13. The van der Waals surface area contributed by atoms with Gasteiger partial charge in [-0.2, -0.15) is 11.8 Å². The number of carbonyl (C=O) groups excluding carboxylic acids is 1. The Morgan fingerprint density at radius 3 is 2.91 bits per heavy atom. The third kappa shape index (κ3) is 4.93. The molecule has 0 spiro atoms. The second-order valence-corrected chi connectivity index (χ2v) is 7.28. The van der Waals surface area contributed by atoms with Crippen molar-refractivity contribution in [3.05, 3.63) is 29.8 Å². The Kier molecular flexibility index (Phi) is 5.86. The van der Waals surface area contributed by atoms with E-state index in [1.165, 1.54) is 32.1 Å². The van der Waals surface area contributed by atoms with Crippen LogP contribution in [0.25, 0.3) is 6.08 Å². The molecule has 4 nitrogen and oxygen atoms in total. The van der Waals surface area contributed by atoms with Crippen molar-refractivity contribution in [1.82, 2.24) is 5.32 Å². The molecule has 1 fully saturated rings. The Hall–Kier alpha value is -1.62. The smallest absolute Gasteiger partial charge is 0.244 e. The Bertz CT molecular complexity index is 567. The van der Waals surface area contributed by atoms with Crippen molar-refractivity contribution in [2.24, 2.45) is 0 Å². The number of benzene rings is 1. The van der Waals surface area contributed by atoms with Gasteiger partial charge in [-0.3, -0.25) is 4.79 Å². The largest absolute Gasteiger partial charge is 0.454 e. The summed E-state index contributed by atoms with van der Waals surface area (Å²) in [5, 5.41) is 3.74. The Labute approximate surface area is 141 Å². The lowest BCUT2D eigenvalue weighted by molar-refractivity contribution is -0.116. The summed E-state index contributed by atoms with van der Waals surface area (Å²) in [5.74, 6) is 2.43. The van der Waals surface area contributed by atoms with E-state index in [0.29, 0.717) is 0 Å². The van der Waals surface area contributed by atoms with Gasteiger partial charge < -0.3 is 14.8 Å². The highest BCUT2D eigenvalue weighted by Crippen LogP contribution is 2.32. The van der Waals surface area contributed by atoms with E-state index >= 15 is 0 Å². The van der Waals surface area contributed by atoms with Gasteiger partial charge in [-0.1, -0.05) is 25.3 Å². The predicted octanol–water partition coefficient (Wildman–Crippen LogP) is 3.61. The summed E-state index contributed by atoms with van der Waals surface area (Å²) < 4.78 is 10.6. The van der Waals surface area contributed by atoms with Gasteiger partial charge in [0.05, 0.1) is 0 Å². The third-order valence-electron chi connectivity index (χ3n) is 4.13. The SMILES string of the molecule is O=C(C=Cc1ccc2c(c1)OCO2)NCCSC1CCCCC1. The molecule has 0 aromatic heterocycles. The van der Waals surface area contributed by atoms with Crippen molar-refractivity contribution in [3.63, 3.8) is 0 Å². The van der Waals surface area contributed by atoms with E-state index in [4.69, 9.17) is 9.47 Å². The molecule has 1 aromatic rings. The summed E-state index contributed by atoms with van der Waals surface area (Å²) in [6.45, 7) is 0.993. The van der Waals surface area contributed by atoms with Crippen molar-refractivity contribution >= 4 is 23.7 Å². The van der Waals surface area contributed by atoms with Crippen molar-refractivity contribution in [2.75, 3.05) is 19.1 Å². The van der Waals surface area contributed by atoms with Crippen LogP contribution in [0.2, 0.25) is 0 Å². The van der Waals surface area contributed by atoms with Crippen LogP contribution in [0.15, 0.2) is 24.3 Å². The quantitative estimate of drug-likeness (QED) is 0.638. The third-order valence-corrected chi connectivity index (χ3v) is 5.51. The molecule has 0 unspecified atom stereocenters. The zero-order chi connectivity index (χ0) is 15.9. The minimum Gasteiger partial charge on any atom is -0.454 e. The summed E-state index contributed by atoms with van der Waals surface area (Å²) >= 11 is 2.00. The Balaban J connectivity index is 1.37. The molecule has 0 atom stereocenters. The number of carbonyl (C=O) groups is 1. The lowest BCUT2D eigenvalue weighted by atomic mass is 10.0. The van der Waals surface area contributed by atoms with Crippen LogP contribution < -0.4 is 14.8 Å². The van der Waals surface area contributed by atoms with E-state index in [2.05, 4.69) is 5.32 Å². The number of amides is 1. The summed E-state index contributed by atoms with van der Waals surface area (Å²) in [7, 11) is 0. The van der Waals surface area contributed by atoms with Crippen LogP contribution in [0.4, 0.5) is 0 Å². The molecular weight excluding hydrogens is 310 g/mol. The summed E-state index contributed by atoms with van der Waals surface area (Å²) in [4.78, 5) is 11.8. The lowest BCUT2D eigenvalue weighted by Crippen LogP contribution is -2.24. The molecule has 124 valence electrons. The maximum absolute atomic E-state index is 11.8. The van der Waals surface area contributed by atoms with Gasteiger partial charge in [0.1, 0.15) is 0 Å². The molecule has 1 aliphatic carbocycles. The molecule has 2 aliphatic rings. The molecule has 1 N–H and O–H groups in total. The monoisotopic (exact) mass is 333 g/mol. The molecule has 23 heavy (non-hydrogen) atoms. The van der Waals surface area contributed by atoms with Crippen LogP contribution in [0.1, 0.15) is 37.7 Å². The van der Waals surface area contributed by atoms with Gasteiger partial charge in [-0.05, 0) is 36.6 Å². The van der Waals surface area contributed by atoms with Gasteiger partial charge in [0.25, 0.3) is 0 Å². The van der Waals surface area contributed by atoms with E-state index in [1.54, 1.807) is 12.2 Å². The number of rotatable bonds is 6. The van der Waals surface area contributed by atoms with E-state index in [1.807, 2.05) is 30.0 Å². The maximum atomic E-state index is 11.8. The molecule has 1 saturated carbocycles. The molecule has 0 bridgehead atoms. The molecule has 1 aromatic carbocycles. The molecule has 0 saturated heterocycles. The first-order valence-corrected chi connectivity index (χ1v) is 9.33. The highest BCUT2D eigenvalue weighted by atomic mass is 32.2. The van der Waals surface area contributed by atoms with Gasteiger partial charge >= 0.3 is 0 Å². The molecule has 0 radical (unpaired) electrons. The van der Waals surface area contributed by atoms with E-state index in [-0.39, 0.29) is 12.7 Å². The van der Waals surface area contributed by atoms with Crippen LogP contribution in [0.3, 0.4) is 0 Å². The zero-order valence-corrected chi connectivity index (χ0v) is 14.1. The second-order valence-electron chi connectivity index (χ2n) is 5.87. The van der Waals surface area contributed by atoms with Crippen LogP contribution in [-0.2, 0) is 4.79 Å². The van der Waals surface area contributed by atoms with Crippen LogP contribution in [0, 0.1) is 0 Å². The number of hydrogen-bond acceptors (Lipinski definition) is 4. The standard InChI is InChI=1S/C18H23NO3S/c20-18(19-10-11-23-15-4-2-1-3-5-15)9-7-14-6-8-16-17(12-14)22-13-21-16/h6-9,12,15H,1-5,10-11,13H2,(H,19,20). The number of ether oxygens (including phenoxy) is 2. The van der Waals surface area contributed by atoms with Crippen LogP contribution in [-0.4, -0.2) is 30.2 Å². The van der Waals surface area contributed by atoms with Gasteiger partial charge in [0.15, 0.2) is 11.5 Å². The van der Waals surface area contributed by atoms with Gasteiger partial charge in [0.2, 0.25) is 12.7 Å². The fraction of sp³-hybridized carbons (Fsp3) is 0.500. The topological polar surface area (TPSA) is 47.6 Å². The summed E-state index contributed by atoms with van der Waals surface area (Å²) in [6, 6.07) is 5.65. The first kappa shape index (κ1) is 16.2. The molecule has 3 rings (SSSR count). The number of thioether (sulfide) groups is 1. The van der Waals surface area contributed by atoms with Crippen molar-refractivity contribution in [3.8, 4) is 11.5 Å². The first-order chi connectivity index (χ1) is 11.3. The first-order valence-electron chi connectivity index (χ1n) is 8.28. The minimum absolute atomic E-state index is 0.0492. The van der Waals surface area contributed by atoms with Crippen molar-refractivity contribution in [2.45, 2.75) is 37.4 Å². The second kappa shape index (κ2) is 8.29. The average Bonchev–Trinajstić information content (AvgIpc) is 3.05. The molecule has 1 amide bonds. The fourth-order valence-corrected chi connectivity index (χ4v) is 4.10. The average molecular weight is 333 g/mol. The Morgan fingerprint density at radius 1 is 1.22 bits per heavy atom. The van der Waals surface area contributed by atoms with E-state index < -0.39 is 0 Å². The molecule has 5 heteroatoms. The molecular formula is C18H23NO3S. The normalized spacial score (nSPS) is 17.6.